The predicted molar refractivity (Wildman–Crippen MR) is 171 cm³/mol. The average Bonchev–Trinajstić information content (AvgIpc) is 3.00. The lowest BCUT2D eigenvalue weighted by atomic mass is 10.0. The van der Waals surface area contributed by atoms with Gasteiger partial charge in [-0.3, -0.25) is 14.4 Å². The van der Waals surface area contributed by atoms with E-state index in [1.54, 1.807) is 18.2 Å². The van der Waals surface area contributed by atoms with E-state index in [2.05, 4.69) is 31.9 Å². The molecule has 0 saturated heterocycles. The van der Waals surface area contributed by atoms with Crippen LogP contribution in [-0.4, -0.2) is 96.3 Å². The summed E-state index contributed by atoms with van der Waals surface area (Å²) in [6.07, 6.45) is 8.34. The summed E-state index contributed by atoms with van der Waals surface area (Å²) in [5.74, 6) is -0.944. The topological polar surface area (TPSA) is 201 Å². The van der Waals surface area contributed by atoms with Gasteiger partial charge in [0.1, 0.15) is 0 Å². The van der Waals surface area contributed by atoms with Gasteiger partial charge in [0.25, 0.3) is 17.7 Å². The lowest BCUT2D eigenvalue weighted by molar-refractivity contribution is 0.0952. The van der Waals surface area contributed by atoms with Crippen LogP contribution in [0.15, 0.2) is 18.2 Å². The standard InChI is InChI=1S/C30H57N9O3/c31-10-1-4-13-34-16-7-19-37-28(40)25-22-26(29(41)38-20-8-17-35-14-5-2-11-32)24-27(23-25)30(42)39-21-9-18-36-15-6-3-12-33/h22-24,34-36H,1-21,31-33H2,(H,37,40)(H,38,41)(H,39,42). The summed E-state index contributed by atoms with van der Waals surface area (Å²) >= 11 is 0. The van der Waals surface area contributed by atoms with Gasteiger partial charge in [-0.1, -0.05) is 0 Å². The van der Waals surface area contributed by atoms with E-state index in [1.807, 2.05) is 0 Å². The first kappa shape index (κ1) is 37.4. The Hall–Kier alpha value is -2.61. The Labute approximate surface area is 252 Å². The van der Waals surface area contributed by atoms with Gasteiger partial charge in [0.05, 0.1) is 0 Å². The Morgan fingerprint density at radius 3 is 0.929 bits per heavy atom. The third kappa shape index (κ3) is 18.7. The molecule has 1 rings (SSSR count). The Kier molecular flexibility index (Phi) is 23.2. The van der Waals surface area contributed by atoms with Gasteiger partial charge >= 0.3 is 0 Å². The fourth-order valence-electron chi connectivity index (χ4n) is 4.13. The van der Waals surface area contributed by atoms with Crippen LogP contribution in [-0.2, 0) is 0 Å². The number of carbonyl (C=O) groups is 3. The van der Waals surface area contributed by atoms with Crippen molar-refractivity contribution in [2.45, 2.75) is 57.8 Å². The molecule has 0 spiro atoms. The summed E-state index contributed by atoms with van der Waals surface area (Å²) in [6.45, 7) is 8.56. The molecule has 0 radical (unpaired) electrons. The SMILES string of the molecule is NCCCCNCCCNC(=O)c1cc(C(=O)NCCCNCCCCN)cc(C(=O)NCCCNCCCCN)c1. The average molecular weight is 592 g/mol. The number of hydrogen-bond acceptors (Lipinski definition) is 9. The minimum absolute atomic E-state index is 0.284. The van der Waals surface area contributed by atoms with Crippen molar-refractivity contribution >= 4 is 17.7 Å². The largest absolute Gasteiger partial charge is 0.352 e. The molecule has 240 valence electrons. The highest BCUT2D eigenvalue weighted by molar-refractivity contribution is 6.04. The maximum atomic E-state index is 12.9. The van der Waals surface area contributed by atoms with E-state index in [0.717, 1.165) is 97.1 Å². The van der Waals surface area contributed by atoms with E-state index < -0.39 is 0 Å². The molecule has 0 heterocycles. The highest BCUT2D eigenvalue weighted by atomic mass is 16.2. The first-order valence-electron chi connectivity index (χ1n) is 15.8. The second-order valence-electron chi connectivity index (χ2n) is 10.4. The van der Waals surface area contributed by atoms with Crippen LogP contribution in [0.2, 0.25) is 0 Å². The number of carbonyl (C=O) groups excluding carboxylic acids is 3. The minimum Gasteiger partial charge on any atom is -0.352 e. The van der Waals surface area contributed by atoms with Gasteiger partial charge in [0.15, 0.2) is 0 Å². The van der Waals surface area contributed by atoms with Crippen LogP contribution >= 0.6 is 0 Å². The molecule has 0 saturated carbocycles. The van der Waals surface area contributed by atoms with Crippen molar-refractivity contribution in [2.24, 2.45) is 17.2 Å². The molecule has 0 aliphatic carbocycles. The van der Waals surface area contributed by atoms with E-state index in [-0.39, 0.29) is 34.4 Å². The summed E-state index contributed by atoms with van der Waals surface area (Å²) < 4.78 is 0. The van der Waals surface area contributed by atoms with Crippen LogP contribution in [0.1, 0.15) is 88.9 Å². The summed E-state index contributed by atoms with van der Waals surface area (Å²) in [4.78, 5) is 38.8. The Morgan fingerprint density at radius 2 is 0.667 bits per heavy atom. The van der Waals surface area contributed by atoms with E-state index in [9.17, 15) is 14.4 Å². The van der Waals surface area contributed by atoms with Crippen LogP contribution in [0.4, 0.5) is 0 Å². The van der Waals surface area contributed by atoms with E-state index in [0.29, 0.717) is 39.3 Å². The zero-order chi connectivity index (χ0) is 30.7. The molecule has 0 aliphatic rings. The smallest absolute Gasteiger partial charge is 0.251 e. The number of rotatable bonds is 27. The number of nitrogens with two attached hydrogens (primary N) is 3. The molecule has 42 heavy (non-hydrogen) atoms. The second kappa shape index (κ2) is 26.1. The molecule has 0 unspecified atom stereocenters. The molecule has 0 aliphatic heterocycles. The quantitative estimate of drug-likeness (QED) is 0.0633. The first-order chi connectivity index (χ1) is 20.5. The molecule has 3 amide bonds. The summed E-state index contributed by atoms with van der Waals surface area (Å²) in [6, 6.07) is 4.63. The molecule has 1 aromatic carbocycles. The van der Waals surface area contributed by atoms with Gasteiger partial charge in [-0.2, -0.15) is 0 Å². The molecule has 0 atom stereocenters. The van der Waals surface area contributed by atoms with Crippen LogP contribution in [0.5, 0.6) is 0 Å². The van der Waals surface area contributed by atoms with Crippen molar-refractivity contribution in [1.29, 1.82) is 0 Å². The van der Waals surface area contributed by atoms with Gasteiger partial charge in [-0.25, -0.2) is 0 Å². The lowest BCUT2D eigenvalue weighted by Gasteiger charge is -2.12. The number of unbranched alkanes of at least 4 members (excludes halogenated alkanes) is 3. The molecule has 0 aromatic heterocycles. The van der Waals surface area contributed by atoms with Gasteiger partial charge in [-0.05, 0) is 135 Å². The van der Waals surface area contributed by atoms with Crippen LogP contribution in [0.3, 0.4) is 0 Å². The highest BCUT2D eigenvalue weighted by Crippen LogP contribution is 2.12. The molecule has 0 fully saturated rings. The zero-order valence-electron chi connectivity index (χ0n) is 25.5. The summed E-state index contributed by atoms with van der Waals surface area (Å²) in [5.41, 5.74) is 17.4. The maximum absolute atomic E-state index is 12.9. The summed E-state index contributed by atoms with van der Waals surface area (Å²) in [7, 11) is 0. The fraction of sp³-hybridized carbons (Fsp3) is 0.700. The number of amides is 3. The molecule has 12 heteroatoms. The monoisotopic (exact) mass is 591 g/mol. The molecule has 1 aromatic rings. The second-order valence-corrected chi connectivity index (χ2v) is 10.4. The number of hydrogen-bond donors (Lipinski definition) is 9. The number of nitrogens with one attached hydrogen (secondary N) is 6. The van der Waals surface area contributed by atoms with Crippen molar-refractivity contribution in [2.75, 3.05) is 78.5 Å². The van der Waals surface area contributed by atoms with E-state index >= 15 is 0 Å². The lowest BCUT2D eigenvalue weighted by Crippen LogP contribution is -2.31. The Morgan fingerprint density at radius 1 is 0.405 bits per heavy atom. The van der Waals surface area contributed by atoms with Crippen LogP contribution in [0.25, 0.3) is 0 Å². The van der Waals surface area contributed by atoms with Crippen molar-refractivity contribution < 1.29 is 14.4 Å². The van der Waals surface area contributed by atoms with Gasteiger partial charge in [-0.15, -0.1) is 0 Å². The van der Waals surface area contributed by atoms with Crippen molar-refractivity contribution in [3.63, 3.8) is 0 Å². The van der Waals surface area contributed by atoms with Crippen LogP contribution in [0, 0.1) is 0 Å². The minimum atomic E-state index is -0.315. The Bertz CT molecular complexity index is 749. The summed E-state index contributed by atoms with van der Waals surface area (Å²) in [5, 5.41) is 18.7. The molecular formula is C30H57N9O3. The predicted octanol–water partition coefficient (Wildman–Crippen LogP) is 0.0318. The van der Waals surface area contributed by atoms with Crippen molar-refractivity contribution in [3.8, 4) is 0 Å². The van der Waals surface area contributed by atoms with Crippen LogP contribution < -0.4 is 49.1 Å². The molecule has 0 bridgehead atoms. The first-order valence-corrected chi connectivity index (χ1v) is 15.8. The zero-order valence-corrected chi connectivity index (χ0v) is 25.5. The molecular weight excluding hydrogens is 534 g/mol. The third-order valence-corrected chi connectivity index (χ3v) is 6.59. The highest BCUT2D eigenvalue weighted by Gasteiger charge is 2.16. The maximum Gasteiger partial charge on any atom is 0.251 e. The Balaban J connectivity index is 2.67. The van der Waals surface area contributed by atoms with E-state index in [4.69, 9.17) is 17.2 Å². The normalized spacial score (nSPS) is 10.9. The molecule has 12 nitrogen and oxygen atoms in total. The van der Waals surface area contributed by atoms with Gasteiger partial charge in [0, 0.05) is 36.3 Å². The van der Waals surface area contributed by atoms with Crippen molar-refractivity contribution in [1.82, 2.24) is 31.9 Å². The van der Waals surface area contributed by atoms with Gasteiger partial charge < -0.3 is 49.1 Å². The molecule has 12 N–H and O–H groups in total. The third-order valence-electron chi connectivity index (χ3n) is 6.59. The van der Waals surface area contributed by atoms with Crippen molar-refractivity contribution in [3.05, 3.63) is 34.9 Å². The van der Waals surface area contributed by atoms with E-state index in [1.165, 1.54) is 0 Å². The fourth-order valence-corrected chi connectivity index (χ4v) is 4.13. The van der Waals surface area contributed by atoms with Gasteiger partial charge in [0.2, 0.25) is 0 Å². The number of benzene rings is 1.